The quantitative estimate of drug-likeness (QED) is 0.586. The third kappa shape index (κ3) is 5.37. The molecule has 0 bridgehead atoms. The molecule has 0 fully saturated rings. The number of aromatic hydroxyl groups is 1. The Morgan fingerprint density at radius 3 is 2.29 bits per heavy atom. The predicted molar refractivity (Wildman–Crippen MR) is 93.2 cm³/mol. The fourth-order valence-electron chi connectivity index (χ4n) is 2.76. The maximum atomic E-state index is 11.7. The molecular formula is C19H24N2O3. The highest BCUT2D eigenvalue weighted by Crippen LogP contribution is 2.19. The van der Waals surface area contributed by atoms with E-state index in [0.717, 1.165) is 11.1 Å². The maximum Gasteiger partial charge on any atom is 0.220 e. The third-order valence-corrected chi connectivity index (χ3v) is 4.13. The fraction of sp³-hybridized carbons (Fsp3) is 0.316. The Labute approximate surface area is 141 Å². The summed E-state index contributed by atoms with van der Waals surface area (Å²) in [6.45, 7) is 0. The van der Waals surface area contributed by atoms with E-state index >= 15 is 0 Å². The number of nitrogens with two attached hydrogens (primary N) is 2. The van der Waals surface area contributed by atoms with Crippen molar-refractivity contribution in [2.75, 3.05) is 0 Å². The lowest BCUT2D eigenvalue weighted by Crippen LogP contribution is -2.40. The average molecular weight is 328 g/mol. The number of aliphatic hydroxyl groups is 1. The molecule has 3 unspecified atom stereocenters. The third-order valence-electron chi connectivity index (χ3n) is 4.13. The normalized spacial score (nSPS) is 14.8. The first-order valence-electron chi connectivity index (χ1n) is 8.00. The number of hydrogen-bond acceptors (Lipinski definition) is 4. The Bertz CT molecular complexity index is 661. The van der Waals surface area contributed by atoms with Gasteiger partial charge < -0.3 is 21.7 Å². The molecule has 0 aromatic heterocycles. The van der Waals surface area contributed by atoms with Crippen molar-refractivity contribution in [2.24, 2.45) is 17.4 Å². The summed E-state index contributed by atoms with van der Waals surface area (Å²) in [7, 11) is 0. The minimum absolute atomic E-state index is 0.136. The van der Waals surface area contributed by atoms with Crippen LogP contribution in [0.4, 0.5) is 0 Å². The minimum atomic E-state index is -0.833. The van der Waals surface area contributed by atoms with Crippen LogP contribution in [0.15, 0.2) is 54.6 Å². The molecule has 0 heterocycles. The highest BCUT2D eigenvalue weighted by molar-refractivity contribution is 5.77. The van der Waals surface area contributed by atoms with Crippen LogP contribution < -0.4 is 11.5 Å². The van der Waals surface area contributed by atoms with E-state index in [0.29, 0.717) is 12.8 Å². The van der Waals surface area contributed by atoms with E-state index in [1.54, 1.807) is 18.2 Å². The maximum absolute atomic E-state index is 11.7. The van der Waals surface area contributed by atoms with E-state index in [9.17, 15) is 15.0 Å². The van der Waals surface area contributed by atoms with Gasteiger partial charge in [0.15, 0.2) is 0 Å². The van der Waals surface area contributed by atoms with Gasteiger partial charge in [0.25, 0.3) is 0 Å². The number of carbonyl (C=O) groups excluding carboxylic acids is 1. The molecular weight excluding hydrogens is 304 g/mol. The van der Waals surface area contributed by atoms with Gasteiger partial charge in [-0.05, 0) is 42.5 Å². The van der Waals surface area contributed by atoms with Gasteiger partial charge in [-0.3, -0.25) is 4.79 Å². The molecule has 0 aliphatic carbocycles. The summed E-state index contributed by atoms with van der Waals surface area (Å²) in [5, 5.41) is 19.9. The van der Waals surface area contributed by atoms with E-state index in [4.69, 9.17) is 11.5 Å². The van der Waals surface area contributed by atoms with E-state index in [2.05, 4.69) is 0 Å². The van der Waals surface area contributed by atoms with E-state index in [1.807, 2.05) is 36.4 Å². The van der Waals surface area contributed by atoms with Gasteiger partial charge in [-0.1, -0.05) is 42.5 Å². The van der Waals surface area contributed by atoms with E-state index < -0.39 is 24.0 Å². The second-order valence-corrected chi connectivity index (χ2v) is 6.13. The smallest absolute Gasteiger partial charge is 0.220 e. The van der Waals surface area contributed by atoms with Gasteiger partial charge >= 0.3 is 0 Å². The number of amides is 1. The van der Waals surface area contributed by atoms with E-state index in [1.165, 1.54) is 0 Å². The molecule has 6 N–H and O–H groups in total. The second kappa shape index (κ2) is 8.47. The number of phenolic OH excluding ortho intramolecular Hbond substituents is 1. The summed E-state index contributed by atoms with van der Waals surface area (Å²) in [4.78, 5) is 11.7. The van der Waals surface area contributed by atoms with Gasteiger partial charge in [0.05, 0.1) is 6.10 Å². The first kappa shape index (κ1) is 18.0. The molecule has 0 saturated carbocycles. The van der Waals surface area contributed by atoms with Gasteiger partial charge in [0.2, 0.25) is 5.91 Å². The molecule has 24 heavy (non-hydrogen) atoms. The Morgan fingerprint density at radius 2 is 1.67 bits per heavy atom. The SMILES string of the molecule is NC(=O)C(Cc1cccc(O)c1)CC(O)C(N)Cc1ccccc1. The van der Waals surface area contributed by atoms with E-state index in [-0.39, 0.29) is 12.2 Å². The standard InChI is InChI=1S/C19H24N2O3/c20-17(11-13-5-2-1-3-6-13)18(23)12-15(19(21)24)9-14-7-4-8-16(22)10-14/h1-8,10,15,17-18,22-23H,9,11-12,20H2,(H2,21,24). The zero-order chi connectivity index (χ0) is 17.5. The fourth-order valence-corrected chi connectivity index (χ4v) is 2.76. The van der Waals surface area contributed by atoms with Crippen molar-refractivity contribution in [3.63, 3.8) is 0 Å². The summed E-state index contributed by atoms with van der Waals surface area (Å²) < 4.78 is 0. The molecule has 0 aliphatic heterocycles. The van der Waals surface area contributed by atoms with Crippen LogP contribution in [0.3, 0.4) is 0 Å². The molecule has 0 spiro atoms. The van der Waals surface area contributed by atoms with Crippen LogP contribution in [0.5, 0.6) is 5.75 Å². The first-order chi connectivity index (χ1) is 11.5. The molecule has 0 aliphatic rings. The summed E-state index contributed by atoms with van der Waals surface area (Å²) in [6, 6.07) is 15.9. The number of primary amides is 1. The summed E-state index contributed by atoms with van der Waals surface area (Å²) in [5.74, 6) is -0.884. The lowest BCUT2D eigenvalue weighted by Gasteiger charge is -2.23. The minimum Gasteiger partial charge on any atom is -0.508 e. The van der Waals surface area contributed by atoms with Gasteiger partial charge in [-0.2, -0.15) is 0 Å². The highest BCUT2D eigenvalue weighted by Gasteiger charge is 2.24. The van der Waals surface area contributed by atoms with Gasteiger partial charge in [0.1, 0.15) is 5.75 Å². The molecule has 5 nitrogen and oxygen atoms in total. The Kier molecular flexibility index (Phi) is 6.35. The van der Waals surface area contributed by atoms with Crippen molar-refractivity contribution in [3.05, 3.63) is 65.7 Å². The number of carbonyl (C=O) groups is 1. The van der Waals surface area contributed by atoms with Crippen LogP contribution in [0.1, 0.15) is 17.5 Å². The number of phenols is 1. The molecule has 1 amide bonds. The van der Waals surface area contributed by atoms with Crippen molar-refractivity contribution in [1.29, 1.82) is 0 Å². The molecule has 3 atom stereocenters. The second-order valence-electron chi connectivity index (χ2n) is 6.13. The topological polar surface area (TPSA) is 110 Å². The summed E-state index contributed by atoms with van der Waals surface area (Å²) >= 11 is 0. The van der Waals surface area contributed by atoms with Gasteiger partial charge in [-0.25, -0.2) is 0 Å². The molecule has 2 aromatic carbocycles. The number of rotatable bonds is 8. The predicted octanol–water partition coefficient (Wildman–Crippen LogP) is 1.36. The number of hydrogen-bond donors (Lipinski definition) is 4. The monoisotopic (exact) mass is 328 g/mol. The van der Waals surface area contributed by atoms with Crippen molar-refractivity contribution in [3.8, 4) is 5.75 Å². The zero-order valence-corrected chi connectivity index (χ0v) is 13.5. The largest absolute Gasteiger partial charge is 0.508 e. The van der Waals surface area contributed by atoms with Crippen molar-refractivity contribution >= 4 is 5.91 Å². The van der Waals surface area contributed by atoms with Crippen LogP contribution >= 0.6 is 0 Å². The zero-order valence-electron chi connectivity index (χ0n) is 13.5. The van der Waals surface area contributed by atoms with Crippen LogP contribution in [0.2, 0.25) is 0 Å². The van der Waals surface area contributed by atoms with Crippen molar-refractivity contribution in [2.45, 2.75) is 31.4 Å². The van der Waals surface area contributed by atoms with Crippen LogP contribution in [0.25, 0.3) is 0 Å². The summed E-state index contributed by atoms with van der Waals surface area (Å²) in [5.41, 5.74) is 13.4. The number of benzene rings is 2. The molecule has 2 rings (SSSR count). The molecule has 2 aromatic rings. The Balaban J connectivity index is 1.97. The summed E-state index contributed by atoms with van der Waals surface area (Å²) in [6.07, 6.45) is 0.247. The first-order valence-corrected chi connectivity index (χ1v) is 8.00. The van der Waals surface area contributed by atoms with Crippen molar-refractivity contribution in [1.82, 2.24) is 0 Å². The Morgan fingerprint density at radius 1 is 1.00 bits per heavy atom. The van der Waals surface area contributed by atoms with Crippen molar-refractivity contribution < 1.29 is 15.0 Å². The molecule has 0 radical (unpaired) electrons. The lowest BCUT2D eigenvalue weighted by atomic mass is 9.89. The highest BCUT2D eigenvalue weighted by atomic mass is 16.3. The Hall–Kier alpha value is -2.37. The van der Waals surface area contributed by atoms with Crippen LogP contribution in [-0.2, 0) is 17.6 Å². The lowest BCUT2D eigenvalue weighted by molar-refractivity contribution is -0.122. The van der Waals surface area contributed by atoms with Gasteiger partial charge in [0, 0.05) is 12.0 Å². The molecule has 128 valence electrons. The number of aliphatic hydroxyl groups excluding tert-OH is 1. The van der Waals surface area contributed by atoms with Crippen LogP contribution in [0, 0.1) is 5.92 Å². The molecule has 0 saturated heterocycles. The van der Waals surface area contributed by atoms with Crippen LogP contribution in [-0.4, -0.2) is 28.3 Å². The average Bonchev–Trinajstić information content (AvgIpc) is 2.55. The molecule has 5 heteroatoms. The van der Waals surface area contributed by atoms with Gasteiger partial charge in [-0.15, -0.1) is 0 Å².